The minimum absolute atomic E-state index is 0.0565. The lowest BCUT2D eigenvalue weighted by Crippen LogP contribution is -2.37. The van der Waals surface area contributed by atoms with E-state index in [4.69, 9.17) is 0 Å². The van der Waals surface area contributed by atoms with Gasteiger partial charge in [-0.2, -0.15) is 4.31 Å². The number of nitrogens with one attached hydrogen (secondary N) is 1. The van der Waals surface area contributed by atoms with Crippen LogP contribution >= 0.6 is 0 Å². The fraction of sp³-hybridized carbons (Fsp3) is 0.583. The van der Waals surface area contributed by atoms with Gasteiger partial charge in [0.15, 0.2) is 0 Å². The van der Waals surface area contributed by atoms with Crippen LogP contribution in [0.4, 0.5) is 5.82 Å². The zero-order chi connectivity index (χ0) is 13.8. The Kier molecular flexibility index (Phi) is 5.10. The maximum atomic E-state index is 12.4. The highest BCUT2D eigenvalue weighted by molar-refractivity contribution is 7.89. The van der Waals surface area contributed by atoms with Gasteiger partial charge in [0.1, 0.15) is 10.7 Å². The molecule has 1 heterocycles. The minimum Gasteiger partial charge on any atom is -0.373 e. The molecule has 1 aromatic rings. The first-order valence-electron chi connectivity index (χ1n) is 6.09. The SMILES string of the molecule is CCCN(C(C)C)S(=O)(=O)c1ccc(NC)nc1. The molecule has 0 saturated carbocycles. The van der Waals surface area contributed by atoms with Crippen LogP contribution in [0.1, 0.15) is 27.2 Å². The Bertz CT molecular complexity index is 469. The van der Waals surface area contributed by atoms with Crippen LogP contribution in [-0.2, 0) is 10.0 Å². The van der Waals surface area contributed by atoms with Crippen LogP contribution < -0.4 is 5.32 Å². The first-order valence-corrected chi connectivity index (χ1v) is 7.53. The van der Waals surface area contributed by atoms with E-state index in [9.17, 15) is 8.42 Å². The molecule has 0 amide bonds. The minimum atomic E-state index is -3.44. The van der Waals surface area contributed by atoms with Gasteiger partial charge in [0.2, 0.25) is 10.0 Å². The third-order valence-corrected chi connectivity index (χ3v) is 4.68. The Hall–Kier alpha value is -1.14. The third kappa shape index (κ3) is 3.20. The van der Waals surface area contributed by atoms with Gasteiger partial charge in [-0.25, -0.2) is 13.4 Å². The molecule has 0 aliphatic rings. The molecule has 0 bridgehead atoms. The Morgan fingerprint density at radius 1 is 1.39 bits per heavy atom. The number of nitrogens with zero attached hydrogens (tertiary/aromatic N) is 2. The topological polar surface area (TPSA) is 62.3 Å². The van der Waals surface area contributed by atoms with Crippen molar-refractivity contribution in [2.75, 3.05) is 18.9 Å². The van der Waals surface area contributed by atoms with Crippen LogP contribution in [0, 0.1) is 0 Å². The predicted molar refractivity (Wildman–Crippen MR) is 73.1 cm³/mol. The van der Waals surface area contributed by atoms with Crippen molar-refractivity contribution in [3.05, 3.63) is 18.3 Å². The summed E-state index contributed by atoms with van der Waals surface area (Å²) < 4.78 is 26.4. The quantitative estimate of drug-likeness (QED) is 0.859. The fourth-order valence-electron chi connectivity index (χ4n) is 1.69. The molecule has 1 aromatic heterocycles. The van der Waals surface area contributed by atoms with Crippen molar-refractivity contribution in [2.45, 2.75) is 38.1 Å². The number of anilines is 1. The normalized spacial score (nSPS) is 12.1. The molecule has 0 fully saturated rings. The number of pyridine rings is 1. The van der Waals surface area contributed by atoms with Gasteiger partial charge in [-0.1, -0.05) is 6.92 Å². The second-order valence-corrected chi connectivity index (χ2v) is 6.23. The molecule has 0 spiro atoms. The maximum Gasteiger partial charge on any atom is 0.244 e. The highest BCUT2D eigenvalue weighted by Crippen LogP contribution is 2.18. The van der Waals surface area contributed by atoms with Crippen LogP contribution in [0.5, 0.6) is 0 Å². The van der Waals surface area contributed by atoms with Crippen molar-refractivity contribution >= 4 is 15.8 Å². The van der Waals surface area contributed by atoms with Crippen molar-refractivity contribution in [3.8, 4) is 0 Å². The number of hydrogen-bond acceptors (Lipinski definition) is 4. The van der Waals surface area contributed by atoms with Gasteiger partial charge < -0.3 is 5.32 Å². The fourth-order valence-corrected chi connectivity index (χ4v) is 3.37. The lowest BCUT2D eigenvalue weighted by molar-refractivity contribution is 0.354. The summed E-state index contributed by atoms with van der Waals surface area (Å²) in [6.45, 7) is 6.24. The van der Waals surface area contributed by atoms with Crippen molar-refractivity contribution in [1.82, 2.24) is 9.29 Å². The largest absolute Gasteiger partial charge is 0.373 e. The smallest absolute Gasteiger partial charge is 0.244 e. The second kappa shape index (κ2) is 6.15. The summed E-state index contributed by atoms with van der Waals surface area (Å²) in [5, 5.41) is 2.86. The molecular formula is C12H21N3O2S. The Morgan fingerprint density at radius 2 is 2.06 bits per heavy atom. The average Bonchev–Trinajstić information content (AvgIpc) is 2.35. The van der Waals surface area contributed by atoms with E-state index in [-0.39, 0.29) is 10.9 Å². The van der Waals surface area contributed by atoms with Gasteiger partial charge in [-0.05, 0) is 32.4 Å². The Labute approximate surface area is 109 Å². The molecule has 18 heavy (non-hydrogen) atoms. The molecule has 6 heteroatoms. The third-order valence-electron chi connectivity index (χ3n) is 2.62. The lowest BCUT2D eigenvalue weighted by atomic mass is 10.4. The highest BCUT2D eigenvalue weighted by Gasteiger charge is 2.26. The van der Waals surface area contributed by atoms with Gasteiger partial charge in [-0.3, -0.25) is 0 Å². The summed E-state index contributed by atoms with van der Waals surface area (Å²) in [7, 11) is -1.70. The first-order chi connectivity index (χ1) is 8.43. The number of sulfonamides is 1. The number of rotatable bonds is 6. The molecule has 0 atom stereocenters. The van der Waals surface area contributed by atoms with Gasteiger partial charge in [0.25, 0.3) is 0 Å². The van der Waals surface area contributed by atoms with Crippen LogP contribution in [0.25, 0.3) is 0 Å². The molecule has 5 nitrogen and oxygen atoms in total. The average molecular weight is 271 g/mol. The summed E-state index contributed by atoms with van der Waals surface area (Å²) in [6.07, 6.45) is 2.19. The number of hydrogen-bond donors (Lipinski definition) is 1. The maximum absolute atomic E-state index is 12.4. The number of aromatic nitrogens is 1. The van der Waals surface area contributed by atoms with Gasteiger partial charge in [0, 0.05) is 25.8 Å². The first kappa shape index (κ1) is 14.9. The lowest BCUT2D eigenvalue weighted by Gasteiger charge is -2.25. The zero-order valence-corrected chi connectivity index (χ0v) is 12.2. The van der Waals surface area contributed by atoms with Gasteiger partial charge in [0.05, 0.1) is 0 Å². The molecule has 1 rings (SSSR count). The molecule has 102 valence electrons. The molecule has 0 aromatic carbocycles. The summed E-state index contributed by atoms with van der Waals surface area (Å²) >= 11 is 0. The summed E-state index contributed by atoms with van der Waals surface area (Å²) in [5.74, 6) is 0.653. The van der Waals surface area contributed by atoms with Crippen LogP contribution in [-0.4, -0.2) is 37.3 Å². The van der Waals surface area contributed by atoms with E-state index in [1.807, 2.05) is 20.8 Å². The molecule has 0 radical (unpaired) electrons. The predicted octanol–water partition coefficient (Wildman–Crippen LogP) is 1.93. The van der Waals surface area contributed by atoms with Crippen LogP contribution in [0.3, 0.4) is 0 Å². The van der Waals surface area contributed by atoms with Crippen molar-refractivity contribution in [2.24, 2.45) is 0 Å². The van der Waals surface area contributed by atoms with Crippen LogP contribution in [0.15, 0.2) is 23.2 Å². The van der Waals surface area contributed by atoms with E-state index < -0.39 is 10.0 Å². The van der Waals surface area contributed by atoms with E-state index in [2.05, 4.69) is 10.3 Å². The molecular weight excluding hydrogens is 250 g/mol. The van der Waals surface area contributed by atoms with Gasteiger partial charge in [-0.15, -0.1) is 0 Å². The van der Waals surface area contributed by atoms with E-state index >= 15 is 0 Å². The Balaban J connectivity index is 3.09. The molecule has 0 aliphatic heterocycles. The monoisotopic (exact) mass is 271 g/mol. The van der Waals surface area contributed by atoms with E-state index in [1.165, 1.54) is 10.5 Å². The van der Waals surface area contributed by atoms with E-state index in [0.717, 1.165) is 6.42 Å². The van der Waals surface area contributed by atoms with Crippen molar-refractivity contribution < 1.29 is 8.42 Å². The van der Waals surface area contributed by atoms with Crippen molar-refractivity contribution in [3.63, 3.8) is 0 Å². The standard InChI is InChI=1S/C12H21N3O2S/c1-5-8-15(10(2)3)18(16,17)11-6-7-12(13-4)14-9-11/h6-7,9-10H,5,8H2,1-4H3,(H,13,14). The molecule has 0 saturated heterocycles. The van der Waals surface area contributed by atoms with Crippen LogP contribution in [0.2, 0.25) is 0 Å². The Morgan fingerprint density at radius 3 is 2.44 bits per heavy atom. The summed E-state index contributed by atoms with van der Waals surface area (Å²) in [6, 6.07) is 3.19. The molecule has 0 aliphatic carbocycles. The van der Waals surface area contributed by atoms with Crippen molar-refractivity contribution in [1.29, 1.82) is 0 Å². The van der Waals surface area contributed by atoms with Gasteiger partial charge >= 0.3 is 0 Å². The highest BCUT2D eigenvalue weighted by atomic mass is 32.2. The van der Waals surface area contributed by atoms with E-state index in [0.29, 0.717) is 12.4 Å². The second-order valence-electron chi connectivity index (χ2n) is 4.34. The summed E-state index contributed by atoms with van der Waals surface area (Å²) in [4.78, 5) is 4.29. The molecule has 1 N–H and O–H groups in total. The summed E-state index contributed by atoms with van der Waals surface area (Å²) in [5.41, 5.74) is 0. The van der Waals surface area contributed by atoms with E-state index in [1.54, 1.807) is 19.2 Å². The zero-order valence-electron chi connectivity index (χ0n) is 11.3. The molecule has 0 unspecified atom stereocenters.